The molecule has 0 saturated carbocycles. The molecule has 1 aromatic heterocycles. The number of hydrogen-bond donors (Lipinski definition) is 0. The van der Waals surface area contributed by atoms with Crippen molar-refractivity contribution in [2.24, 2.45) is 0 Å². The van der Waals surface area contributed by atoms with E-state index >= 15 is 0 Å². The van der Waals surface area contributed by atoms with Crippen LogP contribution in [0.3, 0.4) is 0 Å². The maximum absolute atomic E-state index is 5.46. The molecular weight excluding hydrogens is 296 g/mol. The molecule has 0 spiro atoms. The van der Waals surface area contributed by atoms with Crippen molar-refractivity contribution in [2.75, 3.05) is 21.3 Å². The molecule has 0 saturated heterocycles. The highest BCUT2D eigenvalue weighted by Gasteiger charge is 2.14. The minimum Gasteiger partial charge on any atom is -0.493 e. The highest BCUT2D eigenvalue weighted by atomic mass is 16.6. The van der Waals surface area contributed by atoms with E-state index in [1.54, 1.807) is 21.3 Å². The molecule has 2 aromatic carbocycles. The van der Waals surface area contributed by atoms with Gasteiger partial charge >= 0.3 is 0 Å². The molecule has 6 nitrogen and oxygen atoms in total. The van der Waals surface area contributed by atoms with E-state index in [1.165, 1.54) is 0 Å². The third-order valence-corrected chi connectivity index (χ3v) is 3.47. The highest BCUT2D eigenvalue weighted by molar-refractivity contribution is 5.81. The summed E-state index contributed by atoms with van der Waals surface area (Å²) >= 11 is 0. The summed E-state index contributed by atoms with van der Waals surface area (Å²) in [4.78, 5) is 0. The summed E-state index contributed by atoms with van der Waals surface area (Å²) in [5.41, 5.74) is 3.30. The van der Waals surface area contributed by atoms with Crippen LogP contribution in [-0.2, 0) is 0 Å². The summed E-state index contributed by atoms with van der Waals surface area (Å²) in [7, 11) is 4.77. The van der Waals surface area contributed by atoms with Crippen LogP contribution in [0.1, 0.15) is 11.1 Å². The van der Waals surface area contributed by atoms with E-state index in [9.17, 15) is 0 Å². The Bertz CT molecular complexity index is 855. The molecular formula is C17H16N2O4. The lowest BCUT2D eigenvalue weighted by Gasteiger charge is -2.13. The number of nitrogens with zero attached hydrogens (tertiary/aromatic N) is 2. The second-order valence-electron chi connectivity index (χ2n) is 4.77. The van der Waals surface area contributed by atoms with Gasteiger partial charge in [0.25, 0.3) is 0 Å². The van der Waals surface area contributed by atoms with Crippen LogP contribution in [0.15, 0.2) is 35.0 Å². The lowest BCUT2D eigenvalue weighted by Crippen LogP contribution is -1.96. The van der Waals surface area contributed by atoms with Gasteiger partial charge in [0.15, 0.2) is 11.5 Å². The van der Waals surface area contributed by atoms with Crippen molar-refractivity contribution in [3.8, 4) is 17.2 Å². The standard InChI is InChI=1S/C17H16N2O4/c1-20-15-9-7-12(16(21-2)17(15)22-3)6-4-11-5-8-13-14(10-11)19-23-18-13/h4-10H,1-3H3/b6-4+. The zero-order valence-electron chi connectivity index (χ0n) is 13.1. The Balaban J connectivity index is 1.97. The number of aromatic nitrogens is 2. The molecule has 0 unspecified atom stereocenters. The Morgan fingerprint density at radius 2 is 1.61 bits per heavy atom. The Hall–Kier alpha value is -3.02. The highest BCUT2D eigenvalue weighted by Crippen LogP contribution is 2.40. The fourth-order valence-electron chi connectivity index (χ4n) is 2.34. The molecule has 0 aliphatic heterocycles. The predicted molar refractivity (Wildman–Crippen MR) is 86.8 cm³/mol. The quantitative estimate of drug-likeness (QED) is 0.673. The first kappa shape index (κ1) is 14.9. The van der Waals surface area contributed by atoms with E-state index in [4.69, 9.17) is 18.8 Å². The van der Waals surface area contributed by atoms with Crippen LogP contribution in [-0.4, -0.2) is 31.6 Å². The van der Waals surface area contributed by atoms with Crippen molar-refractivity contribution in [3.63, 3.8) is 0 Å². The van der Waals surface area contributed by atoms with Gasteiger partial charge in [-0.15, -0.1) is 0 Å². The van der Waals surface area contributed by atoms with Gasteiger partial charge in [-0.25, -0.2) is 4.63 Å². The van der Waals surface area contributed by atoms with E-state index in [0.717, 1.165) is 16.6 Å². The third kappa shape index (κ3) is 2.83. The lowest BCUT2D eigenvalue weighted by atomic mass is 10.1. The van der Waals surface area contributed by atoms with Crippen LogP contribution in [0.2, 0.25) is 0 Å². The normalized spacial score (nSPS) is 11.1. The van der Waals surface area contributed by atoms with Gasteiger partial charge in [0.05, 0.1) is 21.3 Å². The zero-order chi connectivity index (χ0) is 16.2. The number of ether oxygens (including phenoxy) is 3. The van der Waals surface area contributed by atoms with Gasteiger partial charge in [-0.2, -0.15) is 0 Å². The minimum atomic E-state index is 0.563. The molecule has 0 atom stereocenters. The van der Waals surface area contributed by atoms with Crippen LogP contribution in [0.4, 0.5) is 0 Å². The van der Waals surface area contributed by atoms with Gasteiger partial charge in [0, 0.05) is 5.56 Å². The molecule has 0 aliphatic carbocycles. The van der Waals surface area contributed by atoms with Gasteiger partial charge in [0.2, 0.25) is 5.75 Å². The number of fused-ring (bicyclic) bond motifs is 1. The first-order valence-corrected chi connectivity index (χ1v) is 6.96. The number of methoxy groups -OCH3 is 3. The topological polar surface area (TPSA) is 66.6 Å². The fourth-order valence-corrected chi connectivity index (χ4v) is 2.34. The summed E-state index contributed by atoms with van der Waals surface area (Å²) in [5.74, 6) is 1.80. The molecule has 3 rings (SSSR count). The van der Waals surface area contributed by atoms with Gasteiger partial charge in [0.1, 0.15) is 11.0 Å². The summed E-state index contributed by atoms with van der Waals surface area (Å²) in [6.07, 6.45) is 3.90. The molecule has 23 heavy (non-hydrogen) atoms. The molecule has 0 bridgehead atoms. The maximum atomic E-state index is 5.46. The monoisotopic (exact) mass is 312 g/mol. The molecule has 0 amide bonds. The van der Waals surface area contributed by atoms with E-state index in [-0.39, 0.29) is 0 Å². The second kappa shape index (κ2) is 6.39. The Morgan fingerprint density at radius 3 is 2.35 bits per heavy atom. The van der Waals surface area contributed by atoms with Crippen LogP contribution in [0.5, 0.6) is 17.2 Å². The predicted octanol–water partition coefficient (Wildman–Crippen LogP) is 3.42. The lowest BCUT2D eigenvalue weighted by molar-refractivity contribution is 0.315. The molecule has 0 aliphatic rings. The smallest absolute Gasteiger partial charge is 0.203 e. The average Bonchev–Trinajstić information content (AvgIpc) is 3.06. The summed E-state index contributed by atoms with van der Waals surface area (Å²) in [6.45, 7) is 0. The van der Waals surface area contributed by atoms with E-state index < -0.39 is 0 Å². The summed E-state index contributed by atoms with van der Waals surface area (Å²) < 4.78 is 20.8. The SMILES string of the molecule is COc1ccc(/C=C/c2ccc3nonc3c2)c(OC)c1OC. The number of benzene rings is 2. The van der Waals surface area contributed by atoms with E-state index in [1.807, 2.05) is 42.5 Å². The van der Waals surface area contributed by atoms with Crippen LogP contribution in [0.25, 0.3) is 23.2 Å². The third-order valence-electron chi connectivity index (χ3n) is 3.47. The molecule has 118 valence electrons. The molecule has 1 heterocycles. The maximum Gasteiger partial charge on any atom is 0.203 e. The van der Waals surface area contributed by atoms with Gasteiger partial charge < -0.3 is 14.2 Å². The summed E-state index contributed by atoms with van der Waals surface area (Å²) in [6, 6.07) is 9.45. The Kier molecular flexibility index (Phi) is 4.14. The second-order valence-corrected chi connectivity index (χ2v) is 4.77. The largest absolute Gasteiger partial charge is 0.493 e. The van der Waals surface area contributed by atoms with Crippen molar-refractivity contribution in [1.82, 2.24) is 10.3 Å². The average molecular weight is 312 g/mol. The van der Waals surface area contributed by atoms with Crippen molar-refractivity contribution >= 4 is 23.2 Å². The van der Waals surface area contributed by atoms with Gasteiger partial charge in [-0.1, -0.05) is 18.2 Å². The number of hydrogen-bond acceptors (Lipinski definition) is 6. The van der Waals surface area contributed by atoms with E-state index in [0.29, 0.717) is 22.8 Å². The van der Waals surface area contributed by atoms with Crippen molar-refractivity contribution < 1.29 is 18.8 Å². The van der Waals surface area contributed by atoms with Crippen LogP contribution < -0.4 is 14.2 Å². The molecule has 0 fully saturated rings. The first-order valence-electron chi connectivity index (χ1n) is 6.96. The van der Waals surface area contributed by atoms with E-state index in [2.05, 4.69) is 10.3 Å². The molecule has 0 radical (unpaired) electrons. The molecule has 0 N–H and O–H groups in total. The van der Waals surface area contributed by atoms with Gasteiger partial charge in [-0.3, -0.25) is 0 Å². The van der Waals surface area contributed by atoms with Crippen LogP contribution in [0, 0.1) is 0 Å². The fraction of sp³-hybridized carbons (Fsp3) is 0.176. The Labute approximate surface area is 133 Å². The molecule has 6 heteroatoms. The van der Waals surface area contributed by atoms with Crippen molar-refractivity contribution in [2.45, 2.75) is 0 Å². The van der Waals surface area contributed by atoms with Crippen molar-refractivity contribution in [3.05, 3.63) is 41.5 Å². The number of rotatable bonds is 5. The molecule has 3 aromatic rings. The Morgan fingerprint density at radius 1 is 0.826 bits per heavy atom. The first-order chi connectivity index (χ1) is 11.3. The summed E-state index contributed by atoms with van der Waals surface area (Å²) in [5, 5.41) is 7.62. The van der Waals surface area contributed by atoms with Crippen LogP contribution >= 0.6 is 0 Å². The van der Waals surface area contributed by atoms with Crippen molar-refractivity contribution in [1.29, 1.82) is 0 Å². The van der Waals surface area contributed by atoms with Gasteiger partial charge in [-0.05, 0) is 40.1 Å². The minimum absolute atomic E-state index is 0.563. The zero-order valence-corrected chi connectivity index (χ0v) is 13.1.